The number of aromatic hydroxyl groups is 2. The molecule has 0 aromatic heterocycles. The van der Waals surface area contributed by atoms with Gasteiger partial charge in [0.2, 0.25) is 0 Å². The van der Waals surface area contributed by atoms with Crippen molar-refractivity contribution in [1.29, 1.82) is 0 Å². The van der Waals surface area contributed by atoms with E-state index in [9.17, 15) is 15.3 Å². The molecule has 13 heavy (non-hydrogen) atoms. The fourth-order valence-electron chi connectivity index (χ4n) is 0.689. The van der Waals surface area contributed by atoms with Crippen LogP contribution < -0.4 is 5.32 Å². The molecule has 0 bridgehead atoms. The minimum Gasteiger partial charge on any atom is -0.504 e. The molecule has 1 aromatic carbocycles. The molecule has 4 heteroatoms. The Hall–Kier alpha value is -1.26. The Bertz CT molecular complexity index is 490. The topological polar surface area (TPSA) is 72.7 Å². The van der Waals surface area contributed by atoms with Crippen LogP contribution >= 0.6 is 0 Å². The Kier molecular flexibility index (Phi) is 1.36. The van der Waals surface area contributed by atoms with Crippen LogP contribution in [-0.2, 0) is 0 Å². The molecule has 1 atom stereocenters. The van der Waals surface area contributed by atoms with Crippen molar-refractivity contribution in [3.05, 3.63) is 23.7 Å². The Morgan fingerprint density at radius 3 is 2.92 bits per heavy atom. The number of hydrogen-bond donors (Lipinski definition) is 4. The van der Waals surface area contributed by atoms with Crippen LogP contribution in [0.15, 0.2) is 18.1 Å². The number of phenolic OH excluding ortho intramolecular Hbond substituents is 2. The standard InChI is InChI=1S/C9H13NO3/c1-10-5-9(13)6-2-3-7(11)8(12)4-6/h2-4,9-13H,5H2,1H3/i2D,3D,4D,5D2,9D. The zero-order chi connectivity index (χ0) is 15.2. The van der Waals surface area contributed by atoms with Crippen molar-refractivity contribution in [2.75, 3.05) is 13.5 Å². The summed E-state index contributed by atoms with van der Waals surface area (Å²) in [6.45, 7) is -2.74. The predicted molar refractivity (Wildman–Crippen MR) is 48.7 cm³/mol. The van der Waals surface area contributed by atoms with Gasteiger partial charge in [0, 0.05) is 9.24 Å². The van der Waals surface area contributed by atoms with Crippen molar-refractivity contribution < 1.29 is 23.5 Å². The molecule has 1 rings (SSSR count). The van der Waals surface area contributed by atoms with Crippen LogP contribution in [0.25, 0.3) is 0 Å². The SMILES string of the molecule is [2H]c1c([2H])c(C([2H])(O)C([2H])([2H])NC)c([2H])c(O)c1O. The molecule has 0 saturated carbocycles. The van der Waals surface area contributed by atoms with E-state index in [1.54, 1.807) is 0 Å². The van der Waals surface area contributed by atoms with Crippen LogP contribution in [0, 0.1) is 0 Å². The Labute approximate surface area is 84.9 Å². The van der Waals surface area contributed by atoms with Gasteiger partial charge >= 0.3 is 0 Å². The molecule has 0 amide bonds. The molecule has 0 aliphatic rings. The molecular formula is C9H13NO3. The minimum absolute atomic E-state index is 0.902. The minimum atomic E-state index is -3.10. The van der Waals surface area contributed by atoms with E-state index in [-0.39, 0.29) is 0 Å². The molecule has 0 aliphatic carbocycles. The van der Waals surface area contributed by atoms with Gasteiger partial charge in [-0.15, -0.1) is 0 Å². The van der Waals surface area contributed by atoms with E-state index in [1.165, 1.54) is 0 Å². The summed E-state index contributed by atoms with van der Waals surface area (Å²) in [6.07, 6.45) is -3.10. The summed E-state index contributed by atoms with van der Waals surface area (Å²) in [4.78, 5) is 0. The van der Waals surface area contributed by atoms with Crippen LogP contribution in [0.2, 0.25) is 0 Å². The molecule has 0 heterocycles. The first kappa shape index (κ1) is 4.30. The number of nitrogens with one attached hydrogen (secondary N) is 1. The van der Waals surface area contributed by atoms with Gasteiger partial charge < -0.3 is 20.6 Å². The smallest absolute Gasteiger partial charge is 0.157 e. The molecular weight excluding hydrogens is 170 g/mol. The van der Waals surface area contributed by atoms with Gasteiger partial charge in [0.05, 0.1) is 11.6 Å². The fourth-order valence-corrected chi connectivity index (χ4v) is 0.689. The molecule has 0 spiro atoms. The van der Waals surface area contributed by atoms with Crippen molar-refractivity contribution in [3.8, 4) is 11.5 Å². The average Bonchev–Trinajstić information content (AvgIpc) is 2.33. The molecule has 1 unspecified atom stereocenters. The van der Waals surface area contributed by atoms with Gasteiger partial charge in [-0.1, -0.05) is 6.04 Å². The maximum Gasteiger partial charge on any atom is 0.157 e. The van der Waals surface area contributed by atoms with E-state index in [4.69, 9.17) is 8.22 Å². The lowest BCUT2D eigenvalue weighted by Crippen LogP contribution is -2.16. The lowest BCUT2D eigenvalue weighted by Gasteiger charge is -2.10. The highest BCUT2D eigenvalue weighted by atomic mass is 16.3. The molecule has 0 aliphatic heterocycles. The predicted octanol–water partition coefficient (Wildman–Crippen LogP) is 0.351. The van der Waals surface area contributed by atoms with Crippen LogP contribution in [0.3, 0.4) is 0 Å². The zero-order valence-electron chi connectivity index (χ0n) is 12.8. The van der Waals surface area contributed by atoms with Gasteiger partial charge in [0.25, 0.3) is 0 Å². The summed E-state index contributed by atoms with van der Waals surface area (Å²) in [6, 6.07) is -2.78. The molecule has 0 fully saturated rings. The first-order chi connectivity index (χ1) is 8.49. The van der Waals surface area contributed by atoms with Crippen LogP contribution in [0.1, 0.15) is 19.9 Å². The van der Waals surface area contributed by atoms with Gasteiger partial charge in [0.1, 0.15) is 0 Å². The van der Waals surface area contributed by atoms with Crippen molar-refractivity contribution in [1.82, 2.24) is 5.32 Å². The van der Waals surface area contributed by atoms with Gasteiger partial charge in [-0.05, 0) is 24.7 Å². The summed E-state index contributed by atoms with van der Waals surface area (Å²) in [5, 5.41) is 30.6. The maximum absolute atomic E-state index is 9.93. The van der Waals surface area contributed by atoms with E-state index in [0.29, 0.717) is 0 Å². The summed E-state index contributed by atoms with van der Waals surface area (Å²) < 4.78 is 44.9. The maximum atomic E-state index is 9.93. The number of likely N-dealkylation sites (N-methyl/N-ethyl adjacent to an activating group) is 1. The molecule has 1 aromatic rings. The summed E-state index contributed by atoms with van der Waals surface area (Å²) in [7, 11) is 1.12. The molecule has 72 valence electrons. The van der Waals surface area contributed by atoms with E-state index in [0.717, 1.165) is 7.05 Å². The van der Waals surface area contributed by atoms with Crippen molar-refractivity contribution in [2.45, 2.75) is 6.08 Å². The largest absolute Gasteiger partial charge is 0.504 e. The van der Waals surface area contributed by atoms with Gasteiger partial charge in [-0.25, -0.2) is 0 Å². The first-order valence-corrected chi connectivity index (χ1v) is 3.42. The normalized spacial score (nSPS) is 22.9. The van der Waals surface area contributed by atoms with Crippen molar-refractivity contribution in [2.24, 2.45) is 0 Å². The fraction of sp³-hybridized carbons (Fsp3) is 0.333. The second-order valence-electron chi connectivity index (χ2n) is 2.17. The van der Waals surface area contributed by atoms with Gasteiger partial charge in [-0.2, -0.15) is 0 Å². The summed E-state index contributed by atoms with van der Waals surface area (Å²) in [5.74, 6) is -2.12. The molecule has 0 saturated heterocycles. The summed E-state index contributed by atoms with van der Waals surface area (Å²) in [5.41, 5.74) is -0.910. The third-order valence-corrected chi connectivity index (χ3v) is 1.25. The Balaban J connectivity index is 3.70. The Morgan fingerprint density at radius 2 is 2.31 bits per heavy atom. The second-order valence-corrected chi connectivity index (χ2v) is 2.17. The second kappa shape index (κ2) is 4.11. The lowest BCUT2D eigenvalue weighted by molar-refractivity contribution is 0.177. The van der Waals surface area contributed by atoms with Crippen LogP contribution in [0.4, 0.5) is 0 Å². The van der Waals surface area contributed by atoms with Crippen LogP contribution in [-0.4, -0.2) is 28.9 Å². The van der Waals surface area contributed by atoms with E-state index >= 15 is 0 Å². The lowest BCUT2D eigenvalue weighted by atomic mass is 10.1. The van der Waals surface area contributed by atoms with Crippen molar-refractivity contribution >= 4 is 0 Å². The van der Waals surface area contributed by atoms with Gasteiger partial charge in [0.15, 0.2) is 11.5 Å². The molecule has 4 nitrogen and oxygen atoms in total. The number of aliphatic hydroxyl groups is 1. The highest BCUT2D eigenvalue weighted by Gasteiger charge is 2.08. The number of phenols is 2. The van der Waals surface area contributed by atoms with E-state index in [2.05, 4.69) is 0 Å². The van der Waals surface area contributed by atoms with Crippen molar-refractivity contribution in [3.63, 3.8) is 0 Å². The zero-order valence-corrected chi connectivity index (χ0v) is 6.84. The number of hydrogen-bond acceptors (Lipinski definition) is 4. The quantitative estimate of drug-likeness (QED) is 0.518. The highest BCUT2D eigenvalue weighted by Crippen LogP contribution is 2.27. The Morgan fingerprint density at radius 1 is 1.62 bits per heavy atom. The highest BCUT2D eigenvalue weighted by molar-refractivity contribution is 5.41. The average molecular weight is 189 g/mol. The third-order valence-electron chi connectivity index (χ3n) is 1.25. The number of benzene rings is 1. The summed E-state index contributed by atoms with van der Waals surface area (Å²) >= 11 is 0. The monoisotopic (exact) mass is 189 g/mol. The first-order valence-electron chi connectivity index (χ1n) is 6.42. The third kappa shape index (κ3) is 2.34. The molecule has 0 radical (unpaired) electrons. The van der Waals surface area contributed by atoms with E-state index < -0.39 is 47.8 Å². The van der Waals surface area contributed by atoms with Gasteiger partial charge in [-0.3, -0.25) is 0 Å². The number of rotatable bonds is 3. The molecule has 4 N–H and O–H groups in total. The van der Waals surface area contributed by atoms with Crippen LogP contribution in [0.5, 0.6) is 11.5 Å². The van der Waals surface area contributed by atoms with E-state index in [1.807, 2.05) is 5.32 Å².